The zero-order chi connectivity index (χ0) is 17.2. The lowest BCUT2D eigenvalue weighted by Crippen LogP contribution is -2.05. The maximum atomic E-state index is 5.50. The van der Waals surface area contributed by atoms with Crippen molar-refractivity contribution in [3.8, 4) is 0 Å². The number of anilines is 1. The Balaban J connectivity index is 1.71. The summed E-state index contributed by atoms with van der Waals surface area (Å²) >= 11 is 0. The van der Waals surface area contributed by atoms with Crippen molar-refractivity contribution >= 4 is 16.9 Å². The number of pyridine rings is 1. The number of fused-ring (bicyclic) bond motifs is 1. The van der Waals surface area contributed by atoms with Crippen LogP contribution in [0.1, 0.15) is 22.7 Å². The molecule has 4 heterocycles. The Bertz CT molecular complexity index is 990. The molecule has 0 radical (unpaired) electrons. The van der Waals surface area contributed by atoms with Crippen molar-refractivity contribution in [1.82, 2.24) is 19.5 Å². The summed E-state index contributed by atoms with van der Waals surface area (Å²) in [6.45, 7) is 5.47. The Morgan fingerprint density at radius 2 is 2.00 bits per heavy atom. The highest BCUT2D eigenvalue weighted by Gasteiger charge is 2.17. The van der Waals surface area contributed by atoms with Crippen LogP contribution in [0.5, 0.6) is 0 Å². The second kappa shape index (κ2) is 6.39. The Labute approximate surface area is 145 Å². The Morgan fingerprint density at radius 3 is 2.76 bits per heavy atom. The second-order valence-electron chi connectivity index (χ2n) is 5.97. The molecule has 0 aromatic carbocycles. The normalized spacial score (nSPS) is 11.1. The fraction of sp³-hybridized carbons (Fsp3) is 0.211. The molecule has 0 aliphatic carbocycles. The van der Waals surface area contributed by atoms with Crippen LogP contribution >= 0.6 is 0 Å². The van der Waals surface area contributed by atoms with Gasteiger partial charge < -0.3 is 14.3 Å². The smallest absolute Gasteiger partial charge is 0.146 e. The number of furan rings is 1. The van der Waals surface area contributed by atoms with Crippen LogP contribution in [0.25, 0.3) is 11.0 Å². The predicted molar refractivity (Wildman–Crippen MR) is 96.4 cm³/mol. The molecule has 126 valence electrons. The zero-order valence-electron chi connectivity index (χ0n) is 14.2. The largest absolute Gasteiger partial charge is 0.467 e. The van der Waals surface area contributed by atoms with Gasteiger partial charge in [-0.05, 0) is 43.7 Å². The Kier molecular flexibility index (Phi) is 3.93. The summed E-state index contributed by atoms with van der Waals surface area (Å²) in [5.74, 6) is 1.73. The fourth-order valence-corrected chi connectivity index (χ4v) is 3.03. The van der Waals surface area contributed by atoms with E-state index < -0.39 is 0 Å². The van der Waals surface area contributed by atoms with Crippen LogP contribution < -0.4 is 5.32 Å². The SMILES string of the molecule is Cc1c(C)n(Cc2ccco2)c2ncnc(NCc3ccccn3)c12. The van der Waals surface area contributed by atoms with Crippen molar-refractivity contribution in [3.63, 3.8) is 0 Å². The first kappa shape index (κ1) is 15.4. The molecule has 0 amide bonds. The minimum absolute atomic E-state index is 0.620. The first-order chi connectivity index (χ1) is 12.2. The monoisotopic (exact) mass is 333 g/mol. The van der Waals surface area contributed by atoms with E-state index in [0.29, 0.717) is 13.1 Å². The van der Waals surface area contributed by atoms with E-state index in [1.54, 1.807) is 18.8 Å². The summed E-state index contributed by atoms with van der Waals surface area (Å²) in [7, 11) is 0. The average molecular weight is 333 g/mol. The molecule has 0 saturated heterocycles. The van der Waals surface area contributed by atoms with Crippen molar-refractivity contribution < 1.29 is 4.42 Å². The van der Waals surface area contributed by atoms with Gasteiger partial charge >= 0.3 is 0 Å². The number of nitrogens with one attached hydrogen (secondary N) is 1. The van der Waals surface area contributed by atoms with E-state index in [-0.39, 0.29) is 0 Å². The van der Waals surface area contributed by atoms with Crippen molar-refractivity contribution in [2.24, 2.45) is 0 Å². The van der Waals surface area contributed by atoms with Gasteiger partial charge in [-0.3, -0.25) is 4.98 Å². The van der Waals surface area contributed by atoms with Gasteiger partial charge in [0.2, 0.25) is 0 Å². The lowest BCUT2D eigenvalue weighted by Gasteiger charge is -2.07. The summed E-state index contributed by atoms with van der Waals surface area (Å²) in [5.41, 5.74) is 4.21. The van der Waals surface area contributed by atoms with Gasteiger partial charge in [-0.25, -0.2) is 9.97 Å². The molecular formula is C19H19N5O. The first-order valence-electron chi connectivity index (χ1n) is 8.20. The van der Waals surface area contributed by atoms with Crippen LogP contribution in [0.15, 0.2) is 53.5 Å². The molecule has 4 rings (SSSR count). The van der Waals surface area contributed by atoms with Gasteiger partial charge in [0.25, 0.3) is 0 Å². The second-order valence-corrected chi connectivity index (χ2v) is 5.97. The van der Waals surface area contributed by atoms with Gasteiger partial charge in [0, 0.05) is 11.9 Å². The highest BCUT2D eigenvalue weighted by Crippen LogP contribution is 2.29. The maximum Gasteiger partial charge on any atom is 0.146 e. The van der Waals surface area contributed by atoms with E-state index in [9.17, 15) is 0 Å². The molecule has 0 spiro atoms. The van der Waals surface area contributed by atoms with Crippen LogP contribution in [-0.4, -0.2) is 19.5 Å². The summed E-state index contributed by atoms with van der Waals surface area (Å²) in [5, 5.41) is 4.44. The molecule has 0 unspecified atom stereocenters. The van der Waals surface area contributed by atoms with Crippen molar-refractivity contribution in [1.29, 1.82) is 0 Å². The molecule has 6 nitrogen and oxygen atoms in total. The van der Waals surface area contributed by atoms with Crippen molar-refractivity contribution in [3.05, 3.63) is 71.8 Å². The third-order valence-corrected chi connectivity index (χ3v) is 4.46. The quantitative estimate of drug-likeness (QED) is 0.603. The molecular weight excluding hydrogens is 314 g/mol. The number of aromatic nitrogens is 4. The number of nitrogens with zero attached hydrogens (tertiary/aromatic N) is 4. The van der Waals surface area contributed by atoms with E-state index in [4.69, 9.17) is 4.42 Å². The zero-order valence-corrected chi connectivity index (χ0v) is 14.2. The summed E-state index contributed by atoms with van der Waals surface area (Å²) in [6, 6.07) is 9.76. The lowest BCUT2D eigenvalue weighted by molar-refractivity contribution is 0.494. The topological polar surface area (TPSA) is 68.8 Å². The lowest BCUT2D eigenvalue weighted by atomic mass is 10.2. The minimum Gasteiger partial charge on any atom is -0.467 e. The molecule has 0 fully saturated rings. The molecule has 0 atom stereocenters. The molecule has 6 heteroatoms. The van der Waals surface area contributed by atoms with Crippen LogP contribution in [0, 0.1) is 13.8 Å². The molecule has 0 aliphatic rings. The van der Waals surface area contributed by atoms with Gasteiger partial charge in [-0.2, -0.15) is 0 Å². The van der Waals surface area contributed by atoms with Gasteiger partial charge in [-0.1, -0.05) is 6.07 Å². The van der Waals surface area contributed by atoms with Crippen molar-refractivity contribution in [2.45, 2.75) is 26.9 Å². The van der Waals surface area contributed by atoms with Gasteiger partial charge in [0.1, 0.15) is 23.6 Å². The number of aryl methyl sites for hydroxylation is 1. The van der Waals surface area contributed by atoms with E-state index in [1.165, 1.54) is 5.56 Å². The van der Waals surface area contributed by atoms with Crippen molar-refractivity contribution in [2.75, 3.05) is 5.32 Å². The molecule has 4 aromatic heterocycles. The number of hydrogen-bond acceptors (Lipinski definition) is 5. The maximum absolute atomic E-state index is 5.50. The first-order valence-corrected chi connectivity index (χ1v) is 8.20. The van der Waals surface area contributed by atoms with Crippen LogP contribution in [0.2, 0.25) is 0 Å². The van der Waals surface area contributed by atoms with Crippen LogP contribution in [0.4, 0.5) is 5.82 Å². The number of hydrogen-bond donors (Lipinski definition) is 1. The predicted octanol–water partition coefficient (Wildman–Crippen LogP) is 3.70. The van der Waals surface area contributed by atoms with Gasteiger partial charge in [-0.15, -0.1) is 0 Å². The van der Waals surface area contributed by atoms with Crippen LogP contribution in [0.3, 0.4) is 0 Å². The highest BCUT2D eigenvalue weighted by molar-refractivity contribution is 5.91. The molecule has 0 bridgehead atoms. The summed E-state index contributed by atoms with van der Waals surface area (Å²) in [4.78, 5) is 13.3. The molecule has 4 aromatic rings. The van der Waals surface area contributed by atoms with E-state index in [0.717, 1.165) is 34.0 Å². The van der Waals surface area contributed by atoms with E-state index in [1.807, 2.05) is 30.3 Å². The fourth-order valence-electron chi connectivity index (χ4n) is 3.03. The molecule has 0 aliphatic heterocycles. The third kappa shape index (κ3) is 2.87. The Hall–Kier alpha value is -3.15. The number of rotatable bonds is 5. The minimum atomic E-state index is 0.620. The standard InChI is InChI=1S/C19H19N5O/c1-13-14(2)24(11-16-7-5-9-25-16)19-17(13)18(22-12-23-19)21-10-15-6-3-4-8-20-15/h3-9,12H,10-11H2,1-2H3,(H,21,22,23). The van der Waals surface area contributed by atoms with E-state index >= 15 is 0 Å². The van der Waals surface area contributed by atoms with E-state index in [2.05, 4.69) is 38.7 Å². The van der Waals surface area contributed by atoms with Gasteiger partial charge in [0.15, 0.2) is 0 Å². The van der Waals surface area contributed by atoms with Gasteiger partial charge in [0.05, 0.1) is 30.4 Å². The Morgan fingerprint density at radius 1 is 1.08 bits per heavy atom. The molecule has 0 saturated carbocycles. The average Bonchev–Trinajstić information content (AvgIpc) is 3.24. The molecule has 25 heavy (non-hydrogen) atoms. The molecule has 1 N–H and O–H groups in total. The third-order valence-electron chi connectivity index (χ3n) is 4.46. The highest BCUT2D eigenvalue weighted by atomic mass is 16.3. The van der Waals surface area contributed by atoms with Crippen LogP contribution in [-0.2, 0) is 13.1 Å². The summed E-state index contributed by atoms with van der Waals surface area (Å²) in [6.07, 6.45) is 5.08. The summed E-state index contributed by atoms with van der Waals surface area (Å²) < 4.78 is 7.66.